The number of aryl methyl sites for hydroxylation is 1. The molecule has 0 aliphatic rings. The number of benzene rings is 1. The van der Waals surface area contributed by atoms with E-state index in [1.807, 2.05) is 6.92 Å². The third-order valence-corrected chi connectivity index (χ3v) is 4.50. The molecule has 0 aromatic heterocycles. The molecule has 0 radical (unpaired) electrons. The van der Waals surface area contributed by atoms with Gasteiger partial charge in [-0.2, -0.15) is 0 Å². The van der Waals surface area contributed by atoms with Crippen molar-refractivity contribution in [1.29, 1.82) is 0 Å². The van der Waals surface area contributed by atoms with Crippen LogP contribution in [-0.2, 0) is 19.6 Å². The van der Waals surface area contributed by atoms with Crippen LogP contribution in [0.15, 0.2) is 18.2 Å². The summed E-state index contributed by atoms with van der Waals surface area (Å²) in [5, 5.41) is 3.12. The molecule has 8 heteroatoms. The van der Waals surface area contributed by atoms with Crippen LogP contribution in [0.1, 0.15) is 12.5 Å². The summed E-state index contributed by atoms with van der Waals surface area (Å²) in [6.45, 7) is 3.62. The summed E-state index contributed by atoms with van der Waals surface area (Å²) in [6.07, 6.45) is 1.05. The van der Waals surface area contributed by atoms with Gasteiger partial charge in [-0.05, 0) is 31.5 Å². The van der Waals surface area contributed by atoms with E-state index in [0.29, 0.717) is 17.3 Å². The molecule has 1 N–H and O–H groups in total. The highest BCUT2D eigenvalue weighted by Gasteiger charge is 2.22. The van der Waals surface area contributed by atoms with E-state index in [4.69, 9.17) is 16.3 Å². The van der Waals surface area contributed by atoms with Crippen molar-refractivity contribution in [3.05, 3.63) is 28.8 Å². The summed E-state index contributed by atoms with van der Waals surface area (Å²) in [5.41, 5.74) is 1.18. The molecule has 1 aromatic rings. The molecule has 0 aliphatic carbocycles. The van der Waals surface area contributed by atoms with E-state index in [9.17, 15) is 13.2 Å². The van der Waals surface area contributed by atoms with Gasteiger partial charge < -0.3 is 10.1 Å². The van der Waals surface area contributed by atoms with Gasteiger partial charge in [0.15, 0.2) is 0 Å². The Labute approximate surface area is 136 Å². The van der Waals surface area contributed by atoms with Crippen molar-refractivity contribution < 1.29 is 17.9 Å². The van der Waals surface area contributed by atoms with E-state index in [1.165, 1.54) is 13.2 Å². The van der Waals surface area contributed by atoms with Gasteiger partial charge >= 0.3 is 0 Å². The zero-order chi connectivity index (χ0) is 16.9. The smallest absolute Gasteiger partial charge is 0.241 e. The van der Waals surface area contributed by atoms with E-state index in [-0.39, 0.29) is 12.6 Å². The number of nitrogens with one attached hydrogen (secondary N) is 1. The van der Waals surface area contributed by atoms with Crippen LogP contribution in [0, 0.1) is 6.92 Å². The maximum absolute atomic E-state index is 12.0. The fourth-order valence-electron chi connectivity index (χ4n) is 1.88. The SMILES string of the molecule is COC[C@H](C)NC(=O)CN(c1ccc(C)c(Cl)c1)S(C)(=O)=O. The number of carbonyl (C=O) groups excluding carboxylic acids is 1. The summed E-state index contributed by atoms with van der Waals surface area (Å²) >= 11 is 6.03. The maximum atomic E-state index is 12.0. The van der Waals surface area contributed by atoms with Crippen molar-refractivity contribution in [3.63, 3.8) is 0 Å². The van der Waals surface area contributed by atoms with Gasteiger partial charge in [-0.25, -0.2) is 8.42 Å². The summed E-state index contributed by atoms with van der Waals surface area (Å²) in [6, 6.07) is 4.65. The zero-order valence-corrected chi connectivity index (χ0v) is 14.7. The topological polar surface area (TPSA) is 75.7 Å². The first-order chi connectivity index (χ1) is 10.1. The predicted molar refractivity (Wildman–Crippen MR) is 87.9 cm³/mol. The molecule has 0 aliphatic heterocycles. The second-order valence-electron chi connectivity index (χ2n) is 5.13. The Bertz CT molecular complexity index is 634. The minimum Gasteiger partial charge on any atom is -0.383 e. The summed E-state index contributed by atoms with van der Waals surface area (Å²) in [5.74, 6) is -0.410. The number of anilines is 1. The molecule has 0 saturated heterocycles. The Morgan fingerprint density at radius 1 is 1.45 bits per heavy atom. The fraction of sp³-hybridized carbons (Fsp3) is 0.500. The van der Waals surface area contributed by atoms with Crippen molar-refractivity contribution in [2.24, 2.45) is 0 Å². The normalized spacial score (nSPS) is 12.8. The van der Waals surface area contributed by atoms with Crippen LogP contribution >= 0.6 is 11.6 Å². The average molecular weight is 349 g/mol. The van der Waals surface area contributed by atoms with E-state index in [2.05, 4.69) is 5.32 Å². The van der Waals surface area contributed by atoms with Gasteiger partial charge in [-0.15, -0.1) is 0 Å². The molecule has 1 aromatic carbocycles. The number of halogens is 1. The van der Waals surface area contributed by atoms with Gasteiger partial charge in [0.2, 0.25) is 15.9 Å². The van der Waals surface area contributed by atoms with E-state index >= 15 is 0 Å². The van der Waals surface area contributed by atoms with E-state index < -0.39 is 15.9 Å². The number of hydrogen-bond donors (Lipinski definition) is 1. The van der Waals surface area contributed by atoms with Crippen molar-refractivity contribution in [3.8, 4) is 0 Å². The predicted octanol–water partition coefficient (Wildman–Crippen LogP) is 1.57. The Balaban J connectivity index is 2.95. The number of amides is 1. The molecule has 1 amide bonds. The first-order valence-electron chi connectivity index (χ1n) is 6.67. The molecule has 0 heterocycles. The lowest BCUT2D eigenvalue weighted by Crippen LogP contribution is -2.44. The van der Waals surface area contributed by atoms with Crippen LogP contribution in [-0.4, -0.2) is 46.9 Å². The van der Waals surface area contributed by atoms with Crippen LogP contribution in [0.3, 0.4) is 0 Å². The van der Waals surface area contributed by atoms with Gasteiger partial charge in [-0.3, -0.25) is 9.10 Å². The zero-order valence-electron chi connectivity index (χ0n) is 13.1. The van der Waals surface area contributed by atoms with Crippen LogP contribution in [0.5, 0.6) is 0 Å². The molecule has 0 unspecified atom stereocenters. The van der Waals surface area contributed by atoms with E-state index in [1.54, 1.807) is 19.1 Å². The molecule has 22 heavy (non-hydrogen) atoms. The number of ether oxygens (including phenoxy) is 1. The van der Waals surface area contributed by atoms with Crippen molar-refractivity contribution >= 4 is 33.2 Å². The van der Waals surface area contributed by atoms with Gasteiger partial charge in [0.25, 0.3) is 0 Å². The number of nitrogens with zero attached hydrogens (tertiary/aromatic N) is 1. The van der Waals surface area contributed by atoms with Gasteiger partial charge in [0.05, 0.1) is 18.6 Å². The van der Waals surface area contributed by atoms with Crippen LogP contribution in [0.2, 0.25) is 5.02 Å². The highest BCUT2D eigenvalue weighted by molar-refractivity contribution is 7.92. The maximum Gasteiger partial charge on any atom is 0.241 e. The molecule has 0 bridgehead atoms. The third kappa shape index (κ3) is 5.47. The lowest BCUT2D eigenvalue weighted by atomic mass is 10.2. The summed E-state index contributed by atoms with van der Waals surface area (Å²) in [4.78, 5) is 12.0. The quantitative estimate of drug-likeness (QED) is 0.811. The molecule has 124 valence electrons. The number of hydrogen-bond acceptors (Lipinski definition) is 4. The molecule has 1 atom stereocenters. The number of rotatable bonds is 7. The first-order valence-corrected chi connectivity index (χ1v) is 8.90. The monoisotopic (exact) mass is 348 g/mol. The van der Waals surface area contributed by atoms with Crippen molar-refractivity contribution in [1.82, 2.24) is 5.32 Å². The molecule has 1 rings (SSSR count). The van der Waals surface area contributed by atoms with Gasteiger partial charge in [0.1, 0.15) is 6.54 Å². The highest BCUT2D eigenvalue weighted by atomic mass is 35.5. The Morgan fingerprint density at radius 3 is 2.59 bits per heavy atom. The Hall–Kier alpha value is -1.31. The van der Waals surface area contributed by atoms with Crippen LogP contribution in [0.25, 0.3) is 0 Å². The van der Waals surface area contributed by atoms with Crippen molar-refractivity contribution in [2.75, 3.05) is 30.8 Å². The minimum atomic E-state index is -3.61. The van der Waals surface area contributed by atoms with Gasteiger partial charge in [-0.1, -0.05) is 17.7 Å². The Kier molecular flexibility index (Phi) is 6.65. The van der Waals surface area contributed by atoms with Gasteiger partial charge in [0, 0.05) is 18.2 Å². The molecular formula is C14H21ClN2O4S. The van der Waals surface area contributed by atoms with E-state index in [0.717, 1.165) is 16.1 Å². The fourth-order valence-corrected chi connectivity index (χ4v) is 2.90. The highest BCUT2D eigenvalue weighted by Crippen LogP contribution is 2.24. The molecule has 6 nitrogen and oxygen atoms in total. The molecule has 0 saturated carbocycles. The second-order valence-corrected chi connectivity index (χ2v) is 7.44. The molecular weight excluding hydrogens is 328 g/mol. The molecule has 0 spiro atoms. The number of methoxy groups -OCH3 is 1. The lowest BCUT2D eigenvalue weighted by Gasteiger charge is -2.23. The second kappa shape index (κ2) is 7.80. The summed E-state index contributed by atoms with van der Waals surface area (Å²) < 4.78 is 29.9. The number of carbonyl (C=O) groups is 1. The van der Waals surface area contributed by atoms with Crippen molar-refractivity contribution in [2.45, 2.75) is 19.9 Å². The minimum absolute atomic E-state index is 0.208. The standard InChI is InChI=1S/C14H21ClN2O4S/c1-10-5-6-12(7-13(10)15)17(22(4,19)20)8-14(18)16-11(2)9-21-3/h5-7,11H,8-9H2,1-4H3,(H,16,18)/t11-/m0/s1. The Morgan fingerprint density at radius 2 is 2.09 bits per heavy atom. The third-order valence-electron chi connectivity index (χ3n) is 2.95. The van der Waals surface area contributed by atoms with Crippen LogP contribution < -0.4 is 9.62 Å². The lowest BCUT2D eigenvalue weighted by molar-refractivity contribution is -0.120. The first kappa shape index (κ1) is 18.7. The largest absolute Gasteiger partial charge is 0.383 e. The molecule has 0 fully saturated rings. The summed E-state index contributed by atoms with van der Waals surface area (Å²) in [7, 11) is -2.08. The average Bonchev–Trinajstić information content (AvgIpc) is 2.38. The number of sulfonamides is 1. The van der Waals surface area contributed by atoms with Crippen LogP contribution in [0.4, 0.5) is 5.69 Å².